The second-order valence-corrected chi connectivity index (χ2v) is 17.2. The van der Waals surface area contributed by atoms with E-state index in [1.807, 2.05) is 85.4 Å². The molecule has 1 aliphatic heterocycles. The number of carboxylic acids is 1. The molecule has 1 aliphatic rings. The number of hydrogen-bond donors (Lipinski definition) is 2. The van der Waals surface area contributed by atoms with E-state index in [9.17, 15) is 36.3 Å². The molecule has 4 aromatic heterocycles. The third-order valence-corrected chi connectivity index (χ3v) is 12.1. The molecule has 2 aromatic carbocycles. The van der Waals surface area contributed by atoms with Gasteiger partial charge < -0.3 is 38.7 Å². The minimum absolute atomic E-state index is 0.137. The molecular formula is C47H57F5N12O6. The van der Waals surface area contributed by atoms with Crippen LogP contribution in [0.1, 0.15) is 89.7 Å². The number of carbonyl (C=O) groups excluding carboxylic acids is 3. The first-order valence-electron chi connectivity index (χ1n) is 22.6. The normalized spacial score (nSPS) is 15.0. The average molecular weight is 981 g/mol. The largest absolute Gasteiger partial charge is 0.491 e. The van der Waals surface area contributed by atoms with Crippen LogP contribution in [0, 0.1) is 13.8 Å². The Morgan fingerprint density at radius 3 is 1.81 bits per heavy atom. The van der Waals surface area contributed by atoms with Gasteiger partial charge in [-0.3, -0.25) is 23.7 Å². The number of primary amides is 1. The SMILES string of the molecule is CCn1nc(C)cc1C(=O)/N=c1\n(C)c2cc(C(N)=O)ccc2n1C/C(C)=C(\C)Cn1/c(=N/C(=O)c2cc(C)nn2CC)n(C)c2cccc(OCCCN3CCC(F)(F)CC3)c21.O=C(O)C(F)(F)F. The van der Waals surface area contributed by atoms with E-state index < -0.39 is 35.8 Å². The fourth-order valence-electron chi connectivity index (χ4n) is 8.24. The van der Waals surface area contributed by atoms with Gasteiger partial charge in [-0.1, -0.05) is 17.2 Å². The number of halogens is 5. The zero-order chi connectivity index (χ0) is 51.4. The molecule has 1 fully saturated rings. The lowest BCUT2D eigenvalue weighted by Crippen LogP contribution is -2.40. The predicted octanol–water partition coefficient (Wildman–Crippen LogP) is 6.07. The molecule has 376 valence electrons. The number of nitrogens with zero attached hydrogens (tertiary/aromatic N) is 11. The molecule has 18 nitrogen and oxygen atoms in total. The quantitative estimate of drug-likeness (QED) is 0.0737. The topological polar surface area (TPSA) is 207 Å². The molecule has 0 aliphatic carbocycles. The van der Waals surface area contributed by atoms with Gasteiger partial charge in [0.05, 0.1) is 34.5 Å². The van der Waals surface area contributed by atoms with Crippen molar-refractivity contribution in [2.45, 2.75) is 99.1 Å². The van der Waals surface area contributed by atoms with Gasteiger partial charge in [-0.05, 0) is 90.4 Å². The Labute approximate surface area is 398 Å². The number of amides is 3. The summed E-state index contributed by atoms with van der Waals surface area (Å²) < 4.78 is 76.6. The number of piperidine rings is 1. The van der Waals surface area contributed by atoms with Gasteiger partial charge in [0.1, 0.15) is 22.7 Å². The monoisotopic (exact) mass is 980 g/mol. The van der Waals surface area contributed by atoms with Gasteiger partial charge in [0.2, 0.25) is 17.1 Å². The number of aromatic nitrogens is 8. The highest BCUT2D eigenvalue weighted by Gasteiger charge is 2.38. The van der Waals surface area contributed by atoms with Crippen LogP contribution in [0.25, 0.3) is 22.1 Å². The number of aryl methyl sites for hydroxylation is 6. The molecule has 23 heteroatoms. The predicted molar refractivity (Wildman–Crippen MR) is 248 cm³/mol. The summed E-state index contributed by atoms with van der Waals surface area (Å²) in [5.41, 5.74) is 13.7. The number of para-hydroxylation sites is 1. The molecule has 0 unspecified atom stereocenters. The van der Waals surface area contributed by atoms with E-state index in [2.05, 4.69) is 15.2 Å². The smallest absolute Gasteiger partial charge is 0.490 e. The summed E-state index contributed by atoms with van der Waals surface area (Å²) in [5, 5.41) is 16.0. The number of nitrogens with two attached hydrogens (primary N) is 1. The second-order valence-electron chi connectivity index (χ2n) is 17.2. The van der Waals surface area contributed by atoms with E-state index in [4.69, 9.17) is 25.4 Å². The summed E-state index contributed by atoms with van der Waals surface area (Å²) in [6.07, 6.45) is -4.72. The van der Waals surface area contributed by atoms with Gasteiger partial charge in [-0.15, -0.1) is 0 Å². The van der Waals surface area contributed by atoms with Crippen molar-refractivity contribution in [3.8, 4) is 5.75 Å². The van der Waals surface area contributed by atoms with Crippen molar-refractivity contribution in [1.82, 2.24) is 42.7 Å². The third kappa shape index (κ3) is 11.6. The van der Waals surface area contributed by atoms with Crippen LogP contribution in [-0.2, 0) is 45.1 Å². The fourth-order valence-corrected chi connectivity index (χ4v) is 8.24. The van der Waals surface area contributed by atoms with E-state index in [-0.39, 0.29) is 12.8 Å². The Hall–Kier alpha value is -7.17. The number of hydrogen-bond acceptors (Lipinski definition) is 8. The van der Waals surface area contributed by atoms with Crippen molar-refractivity contribution in [1.29, 1.82) is 0 Å². The molecule has 3 N–H and O–H groups in total. The molecule has 5 heterocycles. The summed E-state index contributed by atoms with van der Waals surface area (Å²) in [5.74, 6) is -6.25. The van der Waals surface area contributed by atoms with Crippen LogP contribution in [0.15, 0.2) is 69.7 Å². The Bertz CT molecular complexity index is 3140. The van der Waals surface area contributed by atoms with Gasteiger partial charge in [-0.25, -0.2) is 13.6 Å². The highest BCUT2D eigenvalue weighted by atomic mass is 19.4. The van der Waals surface area contributed by atoms with Crippen molar-refractivity contribution in [2.75, 3.05) is 26.2 Å². The van der Waals surface area contributed by atoms with E-state index >= 15 is 0 Å². The number of carbonyl (C=O) groups is 4. The van der Waals surface area contributed by atoms with Crippen molar-refractivity contribution < 1.29 is 51.0 Å². The standard InChI is InChI=1S/C45H56F2N12O4.C2HF3O2/c1-9-58-36(23-30(5)51-58)41(61)49-43-54(8)35-25-32(40(48)60)15-16-33(35)56(43)26-28(3)29(4)27-57-39-34(53(7)44(57)50-42(62)37-24-31(6)52-59(37)10-2)13-11-14-38(39)63-22-12-19-55-20-17-45(46,47)18-21-55;3-2(4,5)1(6)7/h11,13-16,23-25H,9-10,12,17-22,26-27H2,1-8H3,(H2,48,60);(H,6,7)/b29-28+,49-43+,50-44+;. The summed E-state index contributed by atoms with van der Waals surface area (Å²) in [6, 6.07) is 14.3. The Morgan fingerprint density at radius 1 is 0.786 bits per heavy atom. The zero-order valence-electron chi connectivity index (χ0n) is 40.3. The fraction of sp³-hybridized carbons (Fsp3) is 0.447. The summed E-state index contributed by atoms with van der Waals surface area (Å²) in [6.45, 7) is 14.8. The number of likely N-dealkylation sites (tertiary alicyclic amines) is 1. The molecule has 0 saturated carbocycles. The summed E-state index contributed by atoms with van der Waals surface area (Å²) >= 11 is 0. The minimum atomic E-state index is -5.08. The molecule has 1 saturated heterocycles. The summed E-state index contributed by atoms with van der Waals surface area (Å²) in [7, 11) is 3.65. The lowest BCUT2D eigenvalue weighted by Gasteiger charge is -2.31. The van der Waals surface area contributed by atoms with Crippen LogP contribution < -0.4 is 21.7 Å². The molecule has 0 spiro atoms. The van der Waals surface area contributed by atoms with Crippen LogP contribution in [-0.4, -0.2) is 110 Å². The van der Waals surface area contributed by atoms with Crippen LogP contribution in [0.5, 0.6) is 5.75 Å². The van der Waals surface area contributed by atoms with Gasteiger partial charge in [0, 0.05) is 78.3 Å². The number of ether oxygens (including phenoxy) is 1. The maximum absolute atomic E-state index is 14.0. The molecule has 3 amide bonds. The Morgan fingerprint density at radius 2 is 1.30 bits per heavy atom. The lowest BCUT2D eigenvalue weighted by atomic mass is 10.1. The molecule has 0 atom stereocenters. The maximum atomic E-state index is 14.0. The van der Waals surface area contributed by atoms with Crippen molar-refractivity contribution in [3.63, 3.8) is 0 Å². The van der Waals surface area contributed by atoms with E-state index in [0.29, 0.717) is 110 Å². The number of allylic oxidation sites excluding steroid dienone is 2. The molecule has 7 rings (SSSR count). The van der Waals surface area contributed by atoms with Crippen molar-refractivity contribution >= 4 is 45.8 Å². The highest BCUT2D eigenvalue weighted by Crippen LogP contribution is 2.29. The molecule has 0 bridgehead atoms. The zero-order valence-corrected chi connectivity index (χ0v) is 40.3. The number of imidazole rings is 2. The molecule has 0 radical (unpaired) electrons. The van der Waals surface area contributed by atoms with Gasteiger partial charge in [0.15, 0.2) is 0 Å². The van der Waals surface area contributed by atoms with Gasteiger partial charge in [-0.2, -0.15) is 33.4 Å². The number of rotatable bonds is 14. The number of benzene rings is 2. The summed E-state index contributed by atoms with van der Waals surface area (Å²) in [4.78, 5) is 60.4. The number of fused-ring (bicyclic) bond motifs is 2. The first kappa shape index (κ1) is 52.2. The van der Waals surface area contributed by atoms with Crippen LogP contribution in [0.4, 0.5) is 22.0 Å². The Balaban J connectivity index is 0.00000107. The number of alkyl halides is 5. The second kappa shape index (κ2) is 21.2. The first-order chi connectivity index (χ1) is 32.9. The molecule has 6 aromatic rings. The Kier molecular flexibility index (Phi) is 15.8. The molecule has 70 heavy (non-hydrogen) atoms. The average Bonchev–Trinajstić information content (AvgIpc) is 4.03. The van der Waals surface area contributed by atoms with E-state index in [0.717, 1.165) is 27.7 Å². The van der Waals surface area contributed by atoms with E-state index in [1.54, 1.807) is 51.3 Å². The lowest BCUT2D eigenvalue weighted by molar-refractivity contribution is -0.192. The third-order valence-electron chi connectivity index (χ3n) is 12.1. The van der Waals surface area contributed by atoms with Crippen LogP contribution >= 0.6 is 0 Å². The number of aliphatic carboxylic acids is 1. The van der Waals surface area contributed by atoms with Crippen molar-refractivity contribution in [3.05, 3.63) is 99.3 Å². The first-order valence-corrected chi connectivity index (χ1v) is 22.6. The number of carboxylic acid groups (broad SMARTS) is 1. The molecular weight excluding hydrogens is 924 g/mol. The van der Waals surface area contributed by atoms with Gasteiger partial charge in [0.25, 0.3) is 17.7 Å². The van der Waals surface area contributed by atoms with Crippen molar-refractivity contribution in [2.24, 2.45) is 29.8 Å². The van der Waals surface area contributed by atoms with Crippen LogP contribution in [0.3, 0.4) is 0 Å². The maximum Gasteiger partial charge on any atom is 0.490 e. The minimum Gasteiger partial charge on any atom is -0.491 e. The van der Waals surface area contributed by atoms with E-state index in [1.165, 1.54) is 0 Å². The van der Waals surface area contributed by atoms with Gasteiger partial charge >= 0.3 is 12.1 Å². The highest BCUT2D eigenvalue weighted by molar-refractivity contribution is 5.97. The van der Waals surface area contributed by atoms with Crippen LogP contribution in [0.2, 0.25) is 0 Å².